The highest BCUT2D eigenvalue weighted by molar-refractivity contribution is 6.76. The van der Waals surface area contributed by atoms with Crippen LogP contribution in [0.2, 0.25) is 25.7 Å². The fourth-order valence-corrected chi connectivity index (χ4v) is 5.21. The molecule has 0 aromatic rings. The second-order valence-electron chi connectivity index (χ2n) is 9.98. The summed E-state index contributed by atoms with van der Waals surface area (Å²) in [5.74, 6) is -1.93. The van der Waals surface area contributed by atoms with Gasteiger partial charge in [-0.05, 0) is 26.7 Å². The Bertz CT molecular complexity index is 527. The third kappa shape index (κ3) is 13.9. The number of rotatable bonds is 19. The van der Waals surface area contributed by atoms with E-state index in [9.17, 15) is 14.4 Å². The molecule has 0 saturated carbocycles. The van der Waals surface area contributed by atoms with E-state index >= 15 is 0 Å². The summed E-state index contributed by atoms with van der Waals surface area (Å²) in [7, 11) is -0.868. The van der Waals surface area contributed by atoms with Gasteiger partial charge < -0.3 is 14.8 Å². The third-order valence-corrected chi connectivity index (χ3v) is 7.47. The molecule has 0 spiro atoms. The topological polar surface area (TPSA) is 81.7 Å². The summed E-state index contributed by atoms with van der Waals surface area (Å²) >= 11 is 0. The summed E-state index contributed by atoms with van der Waals surface area (Å²) in [5.41, 5.74) is -1.74. The quantitative estimate of drug-likeness (QED) is 0.108. The number of hydrogen-bond donors (Lipinski definition) is 1. The van der Waals surface area contributed by atoms with E-state index in [0.717, 1.165) is 19.3 Å². The van der Waals surface area contributed by atoms with E-state index in [1.54, 1.807) is 13.8 Å². The van der Waals surface area contributed by atoms with Crippen molar-refractivity contribution in [1.82, 2.24) is 5.32 Å². The molecule has 0 fully saturated rings. The number of hydrogen-bond acceptors (Lipinski definition) is 5. The van der Waals surface area contributed by atoms with Gasteiger partial charge in [-0.1, -0.05) is 89.9 Å². The molecule has 6 nitrogen and oxygen atoms in total. The van der Waals surface area contributed by atoms with E-state index in [0.29, 0.717) is 6.42 Å². The first-order valence-electron chi connectivity index (χ1n) is 12.7. The van der Waals surface area contributed by atoms with Gasteiger partial charge in [0.2, 0.25) is 11.4 Å². The van der Waals surface area contributed by atoms with Gasteiger partial charge in [0.25, 0.3) is 0 Å². The number of carbonyl (C=O) groups is 3. The van der Waals surface area contributed by atoms with Crippen molar-refractivity contribution in [3.05, 3.63) is 0 Å². The van der Waals surface area contributed by atoms with Crippen LogP contribution >= 0.6 is 0 Å². The molecule has 0 radical (unpaired) electrons. The number of amides is 1. The monoisotopic (exact) mass is 471 g/mol. The number of ether oxygens (including phenoxy) is 2. The van der Waals surface area contributed by atoms with Crippen LogP contribution in [0.3, 0.4) is 0 Å². The summed E-state index contributed by atoms with van der Waals surface area (Å²) in [6.45, 7) is 12.3. The molecule has 0 aliphatic rings. The molecular weight excluding hydrogens is 422 g/mol. The highest BCUT2D eigenvalue weighted by atomic mass is 28.3. The zero-order valence-corrected chi connectivity index (χ0v) is 22.6. The minimum absolute atomic E-state index is 0.137. The molecular formula is C25H49NO5Si. The predicted molar refractivity (Wildman–Crippen MR) is 133 cm³/mol. The second-order valence-corrected chi connectivity index (χ2v) is 15.6. The normalized spacial score (nSPS) is 11.8. The van der Waals surface area contributed by atoms with Crippen molar-refractivity contribution in [3.8, 4) is 0 Å². The maximum atomic E-state index is 12.6. The number of unbranched alkanes of at least 4 members (excludes halogenated alkanes) is 10. The highest BCUT2D eigenvalue weighted by Gasteiger charge is 2.49. The van der Waals surface area contributed by atoms with Crippen LogP contribution in [-0.2, 0) is 23.9 Å². The van der Waals surface area contributed by atoms with Gasteiger partial charge in [-0.3, -0.25) is 4.79 Å². The molecule has 0 unspecified atom stereocenters. The molecule has 1 N–H and O–H groups in total. The molecule has 0 aromatic carbocycles. The fraction of sp³-hybridized carbons (Fsp3) is 0.880. The fourth-order valence-electron chi connectivity index (χ4n) is 3.90. The molecule has 0 aliphatic carbocycles. The smallest absolute Gasteiger partial charge is 0.343 e. The van der Waals surface area contributed by atoms with Gasteiger partial charge in [-0.2, -0.15) is 0 Å². The average Bonchev–Trinajstić information content (AvgIpc) is 2.69. The molecule has 0 saturated heterocycles. The molecule has 0 atom stereocenters. The van der Waals surface area contributed by atoms with Crippen molar-refractivity contribution in [2.75, 3.05) is 13.2 Å². The lowest BCUT2D eigenvalue weighted by molar-refractivity contribution is -0.168. The van der Waals surface area contributed by atoms with Gasteiger partial charge in [0.1, 0.15) is 0 Å². The molecule has 188 valence electrons. The number of esters is 2. The Balaban J connectivity index is 4.21. The molecule has 0 aromatic heterocycles. The summed E-state index contributed by atoms with van der Waals surface area (Å²) in [6.07, 6.45) is 13.2. The predicted octanol–water partition coefficient (Wildman–Crippen LogP) is 6.01. The summed E-state index contributed by atoms with van der Waals surface area (Å²) < 4.78 is 10.2. The van der Waals surface area contributed by atoms with Crippen LogP contribution in [0.25, 0.3) is 0 Å². The first-order valence-corrected chi connectivity index (χ1v) is 16.4. The lowest BCUT2D eigenvalue weighted by atomic mass is 9.91. The first kappa shape index (κ1) is 30.6. The molecule has 0 bridgehead atoms. The second kappa shape index (κ2) is 17.1. The van der Waals surface area contributed by atoms with Gasteiger partial charge in [0.15, 0.2) is 0 Å². The van der Waals surface area contributed by atoms with Crippen LogP contribution in [-0.4, -0.2) is 44.7 Å². The van der Waals surface area contributed by atoms with Crippen molar-refractivity contribution >= 4 is 25.9 Å². The maximum Gasteiger partial charge on any atom is 0.343 e. The van der Waals surface area contributed by atoms with Gasteiger partial charge >= 0.3 is 11.9 Å². The van der Waals surface area contributed by atoms with Gasteiger partial charge in [-0.15, -0.1) is 0 Å². The first-order chi connectivity index (χ1) is 15.1. The number of nitrogens with one attached hydrogen (secondary N) is 1. The van der Waals surface area contributed by atoms with Crippen molar-refractivity contribution in [3.63, 3.8) is 0 Å². The van der Waals surface area contributed by atoms with E-state index in [1.165, 1.54) is 57.9 Å². The SMILES string of the molecule is CCOC(=O)C(CCCCCCCCCCCCC[Si](C)(C)C)(NC(C)=O)C(=O)OCC. The summed E-state index contributed by atoms with van der Waals surface area (Å²) in [6, 6.07) is 1.45. The van der Waals surface area contributed by atoms with E-state index in [4.69, 9.17) is 9.47 Å². The van der Waals surface area contributed by atoms with E-state index in [-0.39, 0.29) is 19.6 Å². The number of carbonyl (C=O) groups excluding carboxylic acids is 3. The van der Waals surface area contributed by atoms with E-state index in [1.807, 2.05) is 0 Å². The lowest BCUT2D eigenvalue weighted by Gasteiger charge is -2.29. The molecule has 32 heavy (non-hydrogen) atoms. The third-order valence-electron chi connectivity index (χ3n) is 5.62. The molecule has 1 amide bonds. The standard InChI is InChI=1S/C25H49NO5Si/c1-7-30-23(28)25(26-22(3)27,24(29)31-8-2)20-18-16-14-12-10-9-11-13-15-17-19-21-32(4,5)6/h7-21H2,1-6H3,(H,26,27). The van der Waals surface area contributed by atoms with Crippen molar-refractivity contribution in [2.24, 2.45) is 0 Å². The molecule has 0 aliphatic heterocycles. The Morgan fingerprint density at radius 1 is 0.688 bits per heavy atom. The highest BCUT2D eigenvalue weighted by Crippen LogP contribution is 2.22. The van der Waals surface area contributed by atoms with E-state index in [2.05, 4.69) is 25.0 Å². The largest absolute Gasteiger partial charge is 0.464 e. The maximum absolute atomic E-state index is 12.6. The van der Waals surface area contributed by atoms with Gasteiger partial charge in [0.05, 0.1) is 13.2 Å². The van der Waals surface area contributed by atoms with Crippen LogP contribution in [0, 0.1) is 0 Å². The zero-order valence-electron chi connectivity index (χ0n) is 21.6. The Kier molecular flexibility index (Phi) is 16.4. The Hall–Kier alpha value is -1.37. The van der Waals surface area contributed by atoms with Crippen molar-refractivity contribution in [1.29, 1.82) is 0 Å². The van der Waals surface area contributed by atoms with E-state index < -0.39 is 31.5 Å². The Labute approximate surface area is 197 Å². The minimum Gasteiger partial charge on any atom is -0.464 e. The molecule has 0 rings (SSSR count). The van der Waals surface area contributed by atoms with Crippen LogP contribution in [0.15, 0.2) is 0 Å². The van der Waals surface area contributed by atoms with Gasteiger partial charge in [0, 0.05) is 15.0 Å². The molecule has 0 heterocycles. The van der Waals surface area contributed by atoms with Crippen LogP contribution in [0.4, 0.5) is 0 Å². The molecule has 7 heteroatoms. The van der Waals surface area contributed by atoms with Crippen LogP contribution < -0.4 is 5.32 Å². The Morgan fingerprint density at radius 2 is 1.06 bits per heavy atom. The van der Waals surface area contributed by atoms with Crippen molar-refractivity contribution in [2.45, 2.75) is 129 Å². The van der Waals surface area contributed by atoms with Gasteiger partial charge in [-0.25, -0.2) is 9.59 Å². The summed E-state index contributed by atoms with van der Waals surface area (Å²) in [4.78, 5) is 36.8. The van der Waals surface area contributed by atoms with Crippen LogP contribution in [0.1, 0.15) is 97.8 Å². The summed E-state index contributed by atoms with van der Waals surface area (Å²) in [5, 5.41) is 2.52. The Morgan fingerprint density at radius 3 is 1.41 bits per heavy atom. The minimum atomic E-state index is -1.74. The van der Waals surface area contributed by atoms with Crippen molar-refractivity contribution < 1.29 is 23.9 Å². The average molecular weight is 472 g/mol. The lowest BCUT2D eigenvalue weighted by Crippen LogP contribution is -2.61. The zero-order chi connectivity index (χ0) is 24.5. The van der Waals surface area contributed by atoms with Crippen LogP contribution in [0.5, 0.6) is 0 Å².